The van der Waals surface area contributed by atoms with Crippen LogP contribution in [-0.2, 0) is 13.1 Å². The van der Waals surface area contributed by atoms with E-state index in [1.165, 1.54) is 31.0 Å². The molecule has 2 bridgehead atoms. The van der Waals surface area contributed by atoms with E-state index in [0.717, 1.165) is 41.1 Å². The predicted molar refractivity (Wildman–Crippen MR) is 117 cm³/mol. The van der Waals surface area contributed by atoms with E-state index >= 15 is 0 Å². The minimum atomic E-state index is -0.394. The average Bonchev–Trinajstić information content (AvgIpc) is 3.53. The molecule has 0 N–H and O–H groups in total. The molecule has 0 saturated heterocycles. The third-order valence-electron chi connectivity index (χ3n) is 7.37. The largest absolute Gasteiger partial charge is 0.489 e. The van der Waals surface area contributed by atoms with Gasteiger partial charge in [0.25, 0.3) is 5.91 Å². The molecule has 1 aromatic carbocycles. The van der Waals surface area contributed by atoms with E-state index in [1.54, 1.807) is 9.42 Å². The maximum atomic E-state index is 14.1. The summed E-state index contributed by atoms with van der Waals surface area (Å²) in [5.41, 5.74) is 4.45. The van der Waals surface area contributed by atoms with Crippen molar-refractivity contribution >= 4 is 23.2 Å². The number of ether oxygens (including phenoxy) is 1. The van der Waals surface area contributed by atoms with Gasteiger partial charge in [-0.15, -0.1) is 0 Å². The molecule has 6 rings (SSSR count). The second-order valence-corrected chi connectivity index (χ2v) is 9.77. The fourth-order valence-corrected chi connectivity index (χ4v) is 5.81. The van der Waals surface area contributed by atoms with Crippen molar-refractivity contribution in [2.75, 3.05) is 0 Å². The molecule has 1 aliphatic heterocycles. The number of halogens is 2. The third-order valence-corrected chi connectivity index (χ3v) is 7.92. The number of benzene rings is 1. The van der Waals surface area contributed by atoms with Crippen LogP contribution in [0.3, 0.4) is 0 Å². The monoisotopic (exact) mass is 454 g/mol. The molecule has 3 heterocycles. The summed E-state index contributed by atoms with van der Waals surface area (Å²) in [7, 11) is 0. The molecule has 166 valence electrons. The maximum Gasteiger partial charge on any atom is 0.258 e. The molecular weight excluding hydrogens is 431 g/mol. The first kappa shape index (κ1) is 20.0. The van der Waals surface area contributed by atoms with Crippen molar-refractivity contribution in [1.82, 2.24) is 19.5 Å². The summed E-state index contributed by atoms with van der Waals surface area (Å²) in [6.45, 7) is 4.55. The SMILES string of the molecule is Cc1nc2c3c(nn2c(C)c1Cl)CN(C(=O)c1ccc(F)cc1OC1CC2CCC1C2)C3. The molecule has 2 aliphatic carbocycles. The van der Waals surface area contributed by atoms with Crippen molar-refractivity contribution < 1.29 is 13.9 Å². The molecule has 2 saturated carbocycles. The summed E-state index contributed by atoms with van der Waals surface area (Å²) in [6.07, 6.45) is 4.66. The highest BCUT2D eigenvalue weighted by Crippen LogP contribution is 2.46. The van der Waals surface area contributed by atoms with E-state index in [1.807, 2.05) is 13.8 Å². The van der Waals surface area contributed by atoms with Gasteiger partial charge in [-0.3, -0.25) is 4.79 Å². The first-order chi connectivity index (χ1) is 15.4. The number of carbonyl (C=O) groups is 1. The van der Waals surface area contributed by atoms with Crippen LogP contribution in [0.1, 0.15) is 58.7 Å². The minimum absolute atomic E-state index is 0.0713. The third kappa shape index (κ3) is 3.01. The summed E-state index contributed by atoms with van der Waals surface area (Å²) < 4.78 is 22.1. The van der Waals surface area contributed by atoms with Gasteiger partial charge >= 0.3 is 0 Å². The number of fused-ring (bicyclic) bond motifs is 5. The van der Waals surface area contributed by atoms with Crippen LogP contribution in [0.15, 0.2) is 18.2 Å². The van der Waals surface area contributed by atoms with Gasteiger partial charge < -0.3 is 9.64 Å². The van der Waals surface area contributed by atoms with Crippen LogP contribution in [0.5, 0.6) is 5.75 Å². The van der Waals surface area contributed by atoms with E-state index in [0.29, 0.717) is 41.3 Å². The zero-order valence-electron chi connectivity index (χ0n) is 18.1. The lowest BCUT2D eigenvalue weighted by Gasteiger charge is -2.25. The highest BCUT2D eigenvalue weighted by atomic mass is 35.5. The molecule has 2 fully saturated rings. The second kappa shape index (κ2) is 7.17. The second-order valence-electron chi connectivity index (χ2n) is 9.39. The summed E-state index contributed by atoms with van der Waals surface area (Å²) in [4.78, 5) is 19.8. The number of carbonyl (C=O) groups excluding carboxylic acids is 1. The molecule has 3 aromatic rings. The van der Waals surface area contributed by atoms with Gasteiger partial charge in [0.2, 0.25) is 0 Å². The smallest absolute Gasteiger partial charge is 0.258 e. The fourth-order valence-electron chi connectivity index (χ4n) is 5.69. The van der Waals surface area contributed by atoms with E-state index in [-0.39, 0.29) is 12.0 Å². The van der Waals surface area contributed by atoms with Crippen molar-refractivity contribution in [3.8, 4) is 5.75 Å². The molecule has 3 aliphatic rings. The number of hydrogen-bond acceptors (Lipinski definition) is 4. The molecular formula is C24H24ClFN4O2. The van der Waals surface area contributed by atoms with Crippen molar-refractivity contribution in [3.05, 3.63) is 57.2 Å². The lowest BCUT2D eigenvalue weighted by atomic mass is 9.97. The van der Waals surface area contributed by atoms with E-state index in [4.69, 9.17) is 16.3 Å². The van der Waals surface area contributed by atoms with Crippen LogP contribution >= 0.6 is 11.6 Å². The number of hydrogen-bond donors (Lipinski definition) is 0. The summed E-state index contributed by atoms with van der Waals surface area (Å²) in [5.74, 6) is 0.995. The molecule has 0 spiro atoms. The number of aryl methyl sites for hydroxylation is 2. The molecule has 1 amide bonds. The van der Waals surface area contributed by atoms with Gasteiger partial charge in [-0.1, -0.05) is 11.6 Å². The van der Waals surface area contributed by atoms with E-state index in [9.17, 15) is 9.18 Å². The Morgan fingerprint density at radius 1 is 1.22 bits per heavy atom. The quantitative estimate of drug-likeness (QED) is 0.567. The molecule has 8 heteroatoms. The number of rotatable bonds is 3. The van der Waals surface area contributed by atoms with Crippen LogP contribution in [0.25, 0.3) is 5.65 Å². The van der Waals surface area contributed by atoms with Crippen LogP contribution in [0, 0.1) is 31.5 Å². The maximum absolute atomic E-state index is 14.1. The van der Waals surface area contributed by atoms with Crippen molar-refractivity contribution in [1.29, 1.82) is 0 Å². The van der Waals surface area contributed by atoms with Gasteiger partial charge in [-0.2, -0.15) is 5.10 Å². The number of nitrogens with zero attached hydrogens (tertiary/aromatic N) is 4. The van der Waals surface area contributed by atoms with Gasteiger partial charge in [0.15, 0.2) is 5.65 Å². The van der Waals surface area contributed by atoms with Gasteiger partial charge in [0.1, 0.15) is 17.7 Å². The lowest BCUT2D eigenvalue weighted by Crippen LogP contribution is -2.28. The Bertz CT molecular complexity index is 1270. The standard InChI is InChI=1S/C24H24ClFN4O2/c1-12-22(25)13(2)30-23(27-12)18-10-29(11-19(18)28-30)24(31)17-6-5-16(26)9-21(17)32-20-8-14-3-4-15(20)7-14/h5-6,9,14-15,20H,3-4,7-8,10-11H2,1-2H3. The summed E-state index contributed by atoms with van der Waals surface area (Å²) in [5, 5.41) is 5.25. The molecule has 0 radical (unpaired) electrons. The molecule has 2 aromatic heterocycles. The van der Waals surface area contributed by atoms with Gasteiger partial charge in [0, 0.05) is 11.6 Å². The Labute approximate surface area is 190 Å². The number of aromatic nitrogens is 3. The van der Waals surface area contributed by atoms with Gasteiger partial charge in [-0.05, 0) is 63.5 Å². The molecule has 3 atom stereocenters. The number of amides is 1. The van der Waals surface area contributed by atoms with E-state index < -0.39 is 5.82 Å². The molecule has 32 heavy (non-hydrogen) atoms. The summed E-state index contributed by atoms with van der Waals surface area (Å²) >= 11 is 6.33. The van der Waals surface area contributed by atoms with Crippen LogP contribution in [-0.4, -0.2) is 31.5 Å². The fraction of sp³-hybridized carbons (Fsp3) is 0.458. The van der Waals surface area contributed by atoms with Crippen LogP contribution in [0.4, 0.5) is 4.39 Å². The Hall–Kier alpha value is -2.67. The summed E-state index contributed by atoms with van der Waals surface area (Å²) in [6, 6.07) is 4.21. The average molecular weight is 455 g/mol. The normalized spacial score (nSPS) is 23.9. The highest BCUT2D eigenvalue weighted by Gasteiger charge is 2.41. The Kier molecular flexibility index (Phi) is 4.47. The first-order valence-corrected chi connectivity index (χ1v) is 11.6. The van der Waals surface area contributed by atoms with Crippen molar-refractivity contribution in [2.45, 2.75) is 58.7 Å². The molecule has 6 nitrogen and oxygen atoms in total. The highest BCUT2D eigenvalue weighted by molar-refractivity contribution is 6.31. The zero-order chi connectivity index (χ0) is 22.1. The van der Waals surface area contributed by atoms with Gasteiger partial charge in [-0.25, -0.2) is 13.9 Å². The molecule has 3 unspecified atom stereocenters. The zero-order valence-corrected chi connectivity index (χ0v) is 18.8. The Morgan fingerprint density at radius 3 is 2.81 bits per heavy atom. The van der Waals surface area contributed by atoms with E-state index in [2.05, 4.69) is 10.1 Å². The topological polar surface area (TPSA) is 59.7 Å². The van der Waals surface area contributed by atoms with Crippen molar-refractivity contribution in [2.24, 2.45) is 11.8 Å². The van der Waals surface area contributed by atoms with Crippen LogP contribution in [0.2, 0.25) is 5.02 Å². The Morgan fingerprint density at radius 2 is 2.06 bits per heavy atom. The van der Waals surface area contributed by atoms with Gasteiger partial charge in [0.05, 0.1) is 40.8 Å². The van der Waals surface area contributed by atoms with Crippen molar-refractivity contribution in [3.63, 3.8) is 0 Å². The Balaban J connectivity index is 1.29. The van der Waals surface area contributed by atoms with Crippen LogP contribution < -0.4 is 4.74 Å². The minimum Gasteiger partial charge on any atom is -0.489 e. The predicted octanol–water partition coefficient (Wildman–Crippen LogP) is 4.86. The lowest BCUT2D eigenvalue weighted by molar-refractivity contribution is 0.0736. The first-order valence-electron chi connectivity index (χ1n) is 11.2.